The molecule has 2 aromatic rings. The molecule has 0 radical (unpaired) electrons. The van der Waals surface area contributed by atoms with Gasteiger partial charge in [-0.1, -0.05) is 42.5 Å². The van der Waals surface area contributed by atoms with Gasteiger partial charge in [0.15, 0.2) is 0 Å². The van der Waals surface area contributed by atoms with Crippen LogP contribution in [0.4, 0.5) is 12.9 Å². The van der Waals surface area contributed by atoms with E-state index < -0.39 is 13.5 Å². The largest absolute Gasteiger partial charge is 0.522 e. The third-order valence-electron chi connectivity index (χ3n) is 2.40. The zero-order valence-electron chi connectivity index (χ0n) is 9.52. The van der Waals surface area contributed by atoms with E-state index in [0.717, 1.165) is 11.1 Å². The Morgan fingerprint density at radius 2 is 1.33 bits per heavy atom. The summed E-state index contributed by atoms with van der Waals surface area (Å²) in [6, 6.07) is 16.2. The van der Waals surface area contributed by atoms with Crippen LogP contribution in [0.25, 0.3) is 11.1 Å². The lowest BCUT2D eigenvalue weighted by Gasteiger charge is -2.15. The summed E-state index contributed by atoms with van der Waals surface area (Å²) in [6.07, 6.45) is 0. The van der Waals surface area contributed by atoms with Crippen molar-refractivity contribution in [1.29, 1.82) is 0 Å². The molecule has 1 nitrogen and oxygen atoms in total. The number of rotatable bonds is 4. The van der Waals surface area contributed by atoms with Crippen molar-refractivity contribution in [2.24, 2.45) is 0 Å². The molecule has 0 aromatic heterocycles. The minimum absolute atomic E-state index is 0.230. The summed E-state index contributed by atoms with van der Waals surface area (Å²) >= 11 is 0. The monoisotopic (exact) mass is 251 g/mol. The first-order chi connectivity index (χ1) is 8.54. The molecular weight excluding hydrogens is 240 g/mol. The summed E-state index contributed by atoms with van der Waals surface area (Å²) < 4.78 is 40.7. The first-order valence-corrected chi connectivity index (χ1v) is 5.54. The second-order valence-corrected chi connectivity index (χ2v) is 3.91. The number of hydrogen-bond acceptors (Lipinski definition) is 1. The van der Waals surface area contributed by atoms with Crippen LogP contribution >= 0.6 is 0 Å². The molecule has 0 amide bonds. The molecule has 0 unspecified atom stereocenters. The molecule has 18 heavy (non-hydrogen) atoms. The SMILES string of the molecule is F[B-](F)(F)COc1ccc(-c2ccccc2)cc1. The lowest BCUT2D eigenvalue weighted by Crippen LogP contribution is -2.26. The summed E-state index contributed by atoms with van der Waals surface area (Å²) in [7, 11) is 0. The first kappa shape index (κ1) is 12.5. The third kappa shape index (κ3) is 3.55. The zero-order valence-corrected chi connectivity index (χ0v) is 9.52. The quantitative estimate of drug-likeness (QED) is 0.742. The van der Waals surface area contributed by atoms with Crippen LogP contribution in [0.5, 0.6) is 5.75 Å². The molecule has 0 bridgehead atoms. The van der Waals surface area contributed by atoms with Crippen molar-refractivity contribution in [3.8, 4) is 16.9 Å². The van der Waals surface area contributed by atoms with Crippen molar-refractivity contribution in [2.75, 3.05) is 6.51 Å². The Kier molecular flexibility index (Phi) is 3.60. The van der Waals surface area contributed by atoms with Crippen molar-refractivity contribution >= 4 is 6.98 Å². The zero-order chi connectivity index (χ0) is 13.0. The molecule has 0 fully saturated rings. The third-order valence-corrected chi connectivity index (χ3v) is 2.40. The molecule has 0 heterocycles. The number of hydrogen-bond donors (Lipinski definition) is 0. The van der Waals surface area contributed by atoms with E-state index in [9.17, 15) is 12.9 Å². The van der Waals surface area contributed by atoms with E-state index in [2.05, 4.69) is 4.74 Å². The van der Waals surface area contributed by atoms with E-state index >= 15 is 0 Å². The summed E-state index contributed by atoms with van der Waals surface area (Å²) in [4.78, 5) is 0. The minimum atomic E-state index is -4.91. The summed E-state index contributed by atoms with van der Waals surface area (Å²) in [5.41, 5.74) is 1.96. The predicted molar refractivity (Wildman–Crippen MR) is 66.5 cm³/mol. The van der Waals surface area contributed by atoms with Gasteiger partial charge in [0.2, 0.25) is 0 Å². The van der Waals surface area contributed by atoms with E-state index in [1.54, 1.807) is 24.3 Å². The van der Waals surface area contributed by atoms with Crippen molar-refractivity contribution < 1.29 is 17.7 Å². The summed E-state index contributed by atoms with van der Waals surface area (Å²) in [5.74, 6) is 0.230. The van der Waals surface area contributed by atoms with Crippen LogP contribution in [0.3, 0.4) is 0 Å². The number of ether oxygens (including phenoxy) is 1. The molecule has 0 spiro atoms. The molecule has 5 heteroatoms. The molecule has 0 saturated carbocycles. The second-order valence-electron chi connectivity index (χ2n) is 3.91. The van der Waals surface area contributed by atoms with Gasteiger partial charge < -0.3 is 17.7 Å². The fourth-order valence-corrected chi connectivity index (χ4v) is 1.56. The highest BCUT2D eigenvalue weighted by Crippen LogP contribution is 2.22. The first-order valence-electron chi connectivity index (χ1n) is 5.54. The Morgan fingerprint density at radius 3 is 1.89 bits per heavy atom. The van der Waals surface area contributed by atoms with E-state index in [4.69, 9.17) is 0 Å². The average Bonchev–Trinajstić information content (AvgIpc) is 2.37. The maximum atomic E-state index is 12.0. The fourth-order valence-electron chi connectivity index (χ4n) is 1.56. The Labute approximate surface area is 103 Å². The molecule has 0 N–H and O–H groups in total. The van der Waals surface area contributed by atoms with Gasteiger partial charge in [0.25, 0.3) is 0 Å². The van der Waals surface area contributed by atoms with Crippen LogP contribution in [0.1, 0.15) is 0 Å². The smallest absolute Gasteiger partial charge is 0.515 e. The summed E-state index contributed by atoms with van der Waals surface area (Å²) in [6.45, 7) is -6.11. The highest BCUT2D eigenvalue weighted by atomic mass is 19.4. The molecule has 2 rings (SSSR count). The Bertz CT molecular complexity index is 494. The average molecular weight is 251 g/mol. The van der Waals surface area contributed by atoms with E-state index in [1.807, 2.05) is 30.3 Å². The fraction of sp³-hybridized carbons (Fsp3) is 0.0769. The van der Waals surface area contributed by atoms with Crippen molar-refractivity contribution in [3.05, 3.63) is 54.6 Å². The molecule has 94 valence electrons. The maximum Gasteiger partial charge on any atom is 0.515 e. The molecule has 0 aliphatic rings. The Morgan fingerprint density at radius 1 is 0.778 bits per heavy atom. The maximum absolute atomic E-state index is 12.0. The molecule has 0 aliphatic carbocycles. The molecule has 0 aliphatic heterocycles. The van der Waals surface area contributed by atoms with Crippen LogP contribution in [0.2, 0.25) is 0 Å². The van der Waals surface area contributed by atoms with Crippen molar-refractivity contribution in [1.82, 2.24) is 0 Å². The van der Waals surface area contributed by atoms with Gasteiger partial charge in [0.1, 0.15) is 5.75 Å². The van der Waals surface area contributed by atoms with Gasteiger partial charge in [0, 0.05) is 0 Å². The minimum Gasteiger partial charge on any atom is -0.522 e. The van der Waals surface area contributed by atoms with Gasteiger partial charge in [-0.3, -0.25) is 0 Å². The molecule has 2 aromatic carbocycles. The van der Waals surface area contributed by atoms with Crippen LogP contribution in [0, 0.1) is 0 Å². The molecule has 0 saturated heterocycles. The van der Waals surface area contributed by atoms with Crippen LogP contribution < -0.4 is 4.74 Å². The lowest BCUT2D eigenvalue weighted by molar-refractivity contribution is 0.313. The molecular formula is C13H11BF3O-. The van der Waals surface area contributed by atoms with E-state index in [-0.39, 0.29) is 5.75 Å². The Balaban J connectivity index is 2.07. The topological polar surface area (TPSA) is 9.23 Å². The number of halogens is 3. The van der Waals surface area contributed by atoms with Gasteiger partial charge in [-0.25, -0.2) is 0 Å². The highest BCUT2D eigenvalue weighted by molar-refractivity contribution is 6.58. The van der Waals surface area contributed by atoms with E-state index in [1.165, 1.54) is 0 Å². The predicted octanol–water partition coefficient (Wildman–Crippen LogP) is 4.12. The van der Waals surface area contributed by atoms with Crippen molar-refractivity contribution in [3.63, 3.8) is 0 Å². The van der Waals surface area contributed by atoms with Gasteiger partial charge in [-0.15, -0.1) is 0 Å². The normalized spacial score (nSPS) is 11.3. The van der Waals surface area contributed by atoms with Crippen LogP contribution in [0.15, 0.2) is 54.6 Å². The highest BCUT2D eigenvalue weighted by Gasteiger charge is 2.24. The molecule has 0 atom stereocenters. The van der Waals surface area contributed by atoms with Crippen LogP contribution in [-0.2, 0) is 0 Å². The standard InChI is InChI=1S/C13H11BF3O/c15-14(16,17)10-18-13-8-6-12(7-9-13)11-4-2-1-3-5-11/h1-9H,10H2/q-1. The van der Waals surface area contributed by atoms with Gasteiger partial charge in [-0.2, -0.15) is 0 Å². The Hall–Kier alpha value is -1.91. The van der Waals surface area contributed by atoms with Gasteiger partial charge in [-0.05, 0) is 23.3 Å². The van der Waals surface area contributed by atoms with Gasteiger partial charge >= 0.3 is 6.98 Å². The van der Waals surface area contributed by atoms with Crippen LogP contribution in [-0.4, -0.2) is 13.5 Å². The number of benzene rings is 2. The van der Waals surface area contributed by atoms with E-state index in [0.29, 0.717) is 0 Å². The lowest BCUT2D eigenvalue weighted by atomic mass is 9.95. The second kappa shape index (κ2) is 5.17. The summed E-state index contributed by atoms with van der Waals surface area (Å²) in [5, 5.41) is 0. The van der Waals surface area contributed by atoms with Gasteiger partial charge in [0.05, 0.1) is 6.51 Å². The van der Waals surface area contributed by atoms with Crippen molar-refractivity contribution in [2.45, 2.75) is 0 Å².